The molecule has 0 aliphatic heterocycles. The molecule has 4 bridgehead atoms. The van der Waals surface area contributed by atoms with Crippen LogP contribution in [0, 0.1) is 29.1 Å². The van der Waals surface area contributed by atoms with E-state index in [4.69, 9.17) is 5.73 Å². The molecule has 2 unspecified atom stereocenters. The number of rotatable bonds is 6. The molecule has 140 valence electrons. The van der Waals surface area contributed by atoms with Crippen molar-refractivity contribution in [3.8, 4) is 0 Å². The van der Waals surface area contributed by atoms with Gasteiger partial charge in [-0.25, -0.2) is 0 Å². The standard InChI is InChI=1S/C20H33N3O2/c21-11-16-2-1-3-17(16)23-19(25)12-22-18(24)10-20-7-13-4-14(8-20)6-15(5-13)9-20/h13-17H,1-12,21H2,(H,22,24)(H,23,25). The van der Waals surface area contributed by atoms with Gasteiger partial charge in [-0.2, -0.15) is 0 Å². The molecule has 0 aromatic heterocycles. The van der Waals surface area contributed by atoms with Crippen LogP contribution < -0.4 is 16.4 Å². The minimum absolute atomic E-state index is 0.0655. The molecule has 5 nitrogen and oxygen atoms in total. The summed E-state index contributed by atoms with van der Waals surface area (Å²) < 4.78 is 0. The Morgan fingerprint density at radius 1 is 0.960 bits per heavy atom. The molecule has 5 heteroatoms. The second-order valence-electron chi connectivity index (χ2n) is 9.47. The van der Waals surface area contributed by atoms with Gasteiger partial charge in [0.2, 0.25) is 11.8 Å². The van der Waals surface area contributed by atoms with Gasteiger partial charge in [0.25, 0.3) is 0 Å². The first kappa shape index (κ1) is 17.3. The predicted molar refractivity (Wildman–Crippen MR) is 96.6 cm³/mol. The SMILES string of the molecule is NCC1CCCC1NC(=O)CNC(=O)CC12CC3CC(CC(C3)C1)C2. The van der Waals surface area contributed by atoms with Crippen molar-refractivity contribution in [1.29, 1.82) is 0 Å². The lowest BCUT2D eigenvalue weighted by molar-refractivity contribution is -0.132. The van der Waals surface area contributed by atoms with E-state index in [0.29, 0.717) is 18.9 Å². The van der Waals surface area contributed by atoms with E-state index in [9.17, 15) is 9.59 Å². The molecule has 0 heterocycles. The van der Waals surface area contributed by atoms with Crippen LogP contribution in [-0.4, -0.2) is 30.9 Å². The van der Waals surface area contributed by atoms with Gasteiger partial charge < -0.3 is 16.4 Å². The quantitative estimate of drug-likeness (QED) is 0.687. The van der Waals surface area contributed by atoms with Gasteiger partial charge in [0.05, 0.1) is 6.54 Å². The zero-order valence-electron chi connectivity index (χ0n) is 15.3. The Labute approximate surface area is 150 Å². The van der Waals surface area contributed by atoms with Gasteiger partial charge in [-0.05, 0) is 87.0 Å². The summed E-state index contributed by atoms with van der Waals surface area (Å²) in [6.45, 7) is 0.738. The minimum atomic E-state index is -0.0655. The first-order valence-electron chi connectivity index (χ1n) is 10.3. The summed E-state index contributed by atoms with van der Waals surface area (Å²) in [4.78, 5) is 24.6. The van der Waals surface area contributed by atoms with Crippen LogP contribution in [0.5, 0.6) is 0 Å². The van der Waals surface area contributed by atoms with Gasteiger partial charge in [-0.3, -0.25) is 9.59 Å². The summed E-state index contributed by atoms with van der Waals surface area (Å²) in [6, 6.07) is 0.192. The highest BCUT2D eigenvalue weighted by Crippen LogP contribution is 2.61. The third kappa shape index (κ3) is 3.71. The highest BCUT2D eigenvalue weighted by atomic mass is 16.2. The molecule has 4 N–H and O–H groups in total. The zero-order valence-corrected chi connectivity index (χ0v) is 15.3. The van der Waals surface area contributed by atoms with E-state index in [1.807, 2.05) is 0 Å². The molecule has 5 fully saturated rings. The van der Waals surface area contributed by atoms with Crippen molar-refractivity contribution in [3.63, 3.8) is 0 Å². The normalized spacial score (nSPS) is 41.7. The van der Waals surface area contributed by atoms with E-state index < -0.39 is 0 Å². The van der Waals surface area contributed by atoms with Crippen LogP contribution in [-0.2, 0) is 9.59 Å². The maximum absolute atomic E-state index is 12.5. The number of carbonyl (C=O) groups excluding carboxylic acids is 2. The predicted octanol–water partition coefficient (Wildman–Crippen LogP) is 1.95. The summed E-state index contributed by atoms with van der Waals surface area (Å²) in [6.07, 6.45) is 11.8. The zero-order chi connectivity index (χ0) is 17.4. The molecule has 5 rings (SSSR count). The molecule has 0 saturated heterocycles. The summed E-state index contributed by atoms with van der Waals surface area (Å²) >= 11 is 0. The van der Waals surface area contributed by atoms with Gasteiger partial charge in [-0.15, -0.1) is 0 Å². The first-order valence-corrected chi connectivity index (χ1v) is 10.3. The van der Waals surface area contributed by atoms with E-state index in [-0.39, 0.29) is 29.8 Å². The average Bonchev–Trinajstić information content (AvgIpc) is 2.98. The lowest BCUT2D eigenvalue weighted by atomic mass is 9.49. The van der Waals surface area contributed by atoms with Crippen molar-refractivity contribution in [2.75, 3.05) is 13.1 Å². The van der Waals surface area contributed by atoms with Gasteiger partial charge in [0.1, 0.15) is 0 Å². The van der Waals surface area contributed by atoms with E-state index in [1.54, 1.807) is 0 Å². The highest BCUT2D eigenvalue weighted by Gasteiger charge is 2.51. The lowest BCUT2D eigenvalue weighted by Crippen LogP contribution is -2.49. The fourth-order valence-electron chi connectivity index (χ4n) is 6.86. The number of amides is 2. The van der Waals surface area contributed by atoms with Gasteiger partial charge >= 0.3 is 0 Å². The minimum Gasteiger partial charge on any atom is -0.352 e. The maximum atomic E-state index is 12.5. The van der Waals surface area contributed by atoms with E-state index >= 15 is 0 Å². The van der Waals surface area contributed by atoms with Crippen LogP contribution in [0.3, 0.4) is 0 Å². The molecule has 2 amide bonds. The Balaban J connectivity index is 1.23. The third-order valence-electron chi connectivity index (χ3n) is 7.45. The monoisotopic (exact) mass is 347 g/mol. The summed E-state index contributed by atoms with van der Waals surface area (Å²) in [5.74, 6) is 2.98. The van der Waals surface area contributed by atoms with E-state index in [1.165, 1.54) is 38.5 Å². The molecule has 5 aliphatic carbocycles. The number of nitrogens with two attached hydrogens (primary N) is 1. The van der Waals surface area contributed by atoms with Crippen molar-refractivity contribution in [2.24, 2.45) is 34.8 Å². The highest BCUT2D eigenvalue weighted by molar-refractivity contribution is 5.85. The Morgan fingerprint density at radius 3 is 2.20 bits per heavy atom. The number of nitrogens with one attached hydrogen (secondary N) is 2. The van der Waals surface area contributed by atoms with Crippen LogP contribution in [0.25, 0.3) is 0 Å². The fourth-order valence-corrected chi connectivity index (χ4v) is 6.86. The van der Waals surface area contributed by atoms with Gasteiger partial charge in [0.15, 0.2) is 0 Å². The van der Waals surface area contributed by atoms with Crippen LogP contribution in [0.4, 0.5) is 0 Å². The molecule has 0 radical (unpaired) electrons. The van der Waals surface area contributed by atoms with Crippen LogP contribution in [0.2, 0.25) is 0 Å². The van der Waals surface area contributed by atoms with E-state index in [2.05, 4.69) is 10.6 Å². The van der Waals surface area contributed by atoms with Crippen LogP contribution in [0.1, 0.15) is 64.2 Å². The fraction of sp³-hybridized carbons (Fsp3) is 0.900. The number of hydrogen-bond acceptors (Lipinski definition) is 3. The number of carbonyl (C=O) groups is 2. The topological polar surface area (TPSA) is 84.2 Å². The average molecular weight is 348 g/mol. The lowest BCUT2D eigenvalue weighted by Gasteiger charge is -2.56. The van der Waals surface area contributed by atoms with Crippen molar-refractivity contribution >= 4 is 11.8 Å². The molecule has 25 heavy (non-hydrogen) atoms. The van der Waals surface area contributed by atoms with Crippen LogP contribution in [0.15, 0.2) is 0 Å². The van der Waals surface area contributed by atoms with Crippen molar-refractivity contribution < 1.29 is 9.59 Å². The first-order chi connectivity index (χ1) is 12.0. The van der Waals surface area contributed by atoms with Crippen molar-refractivity contribution in [2.45, 2.75) is 70.3 Å². The molecule has 0 spiro atoms. The molecule has 2 atom stereocenters. The van der Waals surface area contributed by atoms with Gasteiger partial charge in [0, 0.05) is 12.5 Å². The molecule has 5 aliphatic rings. The maximum Gasteiger partial charge on any atom is 0.239 e. The van der Waals surface area contributed by atoms with E-state index in [0.717, 1.165) is 37.0 Å². The van der Waals surface area contributed by atoms with Crippen molar-refractivity contribution in [3.05, 3.63) is 0 Å². The second-order valence-corrected chi connectivity index (χ2v) is 9.47. The smallest absolute Gasteiger partial charge is 0.239 e. The second kappa shape index (κ2) is 6.90. The summed E-state index contributed by atoms with van der Waals surface area (Å²) in [5.41, 5.74) is 6.01. The van der Waals surface area contributed by atoms with Crippen LogP contribution >= 0.6 is 0 Å². The number of hydrogen-bond donors (Lipinski definition) is 3. The third-order valence-corrected chi connectivity index (χ3v) is 7.45. The molecule has 0 aromatic carbocycles. The van der Waals surface area contributed by atoms with Crippen molar-refractivity contribution in [1.82, 2.24) is 10.6 Å². The Hall–Kier alpha value is -1.10. The Kier molecular flexibility index (Phi) is 4.78. The summed E-state index contributed by atoms with van der Waals surface area (Å²) in [5, 5.41) is 5.94. The molecular formula is C20H33N3O2. The molecule has 5 saturated carbocycles. The Bertz CT molecular complexity index is 498. The molecular weight excluding hydrogens is 314 g/mol. The van der Waals surface area contributed by atoms with Gasteiger partial charge in [-0.1, -0.05) is 6.42 Å². The Morgan fingerprint density at radius 2 is 1.60 bits per heavy atom. The largest absolute Gasteiger partial charge is 0.352 e. The molecule has 0 aromatic rings. The summed E-state index contributed by atoms with van der Waals surface area (Å²) in [7, 11) is 0.